The SMILES string of the molecule is O=C(CCNS(=O)(=O)c1cccnc1)NCCC1CCC(c2ccccc2)CC1. The Morgan fingerprint density at radius 2 is 1.76 bits per heavy atom. The number of nitrogens with one attached hydrogen (secondary N) is 2. The van der Waals surface area contributed by atoms with Crippen LogP contribution < -0.4 is 10.0 Å². The van der Waals surface area contributed by atoms with Gasteiger partial charge in [-0.05, 0) is 61.6 Å². The number of carbonyl (C=O) groups excluding carboxylic acids is 1. The number of amides is 1. The summed E-state index contributed by atoms with van der Waals surface area (Å²) in [4.78, 5) is 15.9. The molecule has 1 aromatic heterocycles. The zero-order valence-corrected chi connectivity index (χ0v) is 17.4. The highest BCUT2D eigenvalue weighted by molar-refractivity contribution is 7.89. The predicted octanol–water partition coefficient (Wildman–Crippen LogP) is 3.23. The molecule has 0 spiro atoms. The number of hydrogen-bond donors (Lipinski definition) is 2. The van der Waals surface area contributed by atoms with Crippen molar-refractivity contribution in [1.82, 2.24) is 15.0 Å². The molecule has 7 heteroatoms. The summed E-state index contributed by atoms with van der Waals surface area (Å²) in [7, 11) is -3.61. The molecule has 156 valence electrons. The van der Waals surface area contributed by atoms with E-state index in [4.69, 9.17) is 0 Å². The van der Waals surface area contributed by atoms with Crippen molar-refractivity contribution in [2.45, 2.75) is 49.3 Å². The summed E-state index contributed by atoms with van der Waals surface area (Å²) < 4.78 is 26.6. The maximum absolute atomic E-state index is 12.1. The maximum Gasteiger partial charge on any atom is 0.242 e. The number of benzene rings is 1. The van der Waals surface area contributed by atoms with E-state index in [9.17, 15) is 13.2 Å². The Balaban J connectivity index is 1.30. The first-order chi connectivity index (χ1) is 14.0. The van der Waals surface area contributed by atoms with Gasteiger partial charge in [-0.1, -0.05) is 30.3 Å². The van der Waals surface area contributed by atoms with Gasteiger partial charge in [0.25, 0.3) is 0 Å². The molecule has 1 fully saturated rings. The average Bonchev–Trinajstić information content (AvgIpc) is 2.75. The Hall–Kier alpha value is -2.25. The molecule has 1 amide bonds. The van der Waals surface area contributed by atoms with Crippen LogP contribution in [0.5, 0.6) is 0 Å². The fraction of sp³-hybridized carbons (Fsp3) is 0.455. The van der Waals surface area contributed by atoms with Gasteiger partial charge < -0.3 is 5.32 Å². The number of hydrogen-bond acceptors (Lipinski definition) is 4. The average molecular weight is 416 g/mol. The molecule has 1 heterocycles. The van der Waals surface area contributed by atoms with E-state index >= 15 is 0 Å². The highest BCUT2D eigenvalue weighted by atomic mass is 32.2. The lowest BCUT2D eigenvalue weighted by Crippen LogP contribution is -2.32. The lowest BCUT2D eigenvalue weighted by molar-refractivity contribution is -0.120. The summed E-state index contributed by atoms with van der Waals surface area (Å²) in [6, 6.07) is 13.7. The van der Waals surface area contributed by atoms with E-state index in [-0.39, 0.29) is 23.8 Å². The van der Waals surface area contributed by atoms with Gasteiger partial charge in [0.15, 0.2) is 0 Å². The first-order valence-corrected chi connectivity index (χ1v) is 11.7. The van der Waals surface area contributed by atoms with Crippen molar-refractivity contribution in [2.75, 3.05) is 13.1 Å². The number of nitrogens with zero attached hydrogens (tertiary/aromatic N) is 1. The van der Waals surface area contributed by atoms with Crippen molar-refractivity contribution in [3.63, 3.8) is 0 Å². The summed E-state index contributed by atoms with van der Waals surface area (Å²) in [5.41, 5.74) is 1.44. The topological polar surface area (TPSA) is 88.2 Å². The van der Waals surface area contributed by atoms with Crippen LogP contribution in [0.3, 0.4) is 0 Å². The van der Waals surface area contributed by atoms with Crippen molar-refractivity contribution >= 4 is 15.9 Å². The molecule has 1 saturated carbocycles. The Morgan fingerprint density at radius 3 is 2.45 bits per heavy atom. The first kappa shape index (κ1) is 21.5. The van der Waals surface area contributed by atoms with E-state index in [2.05, 4.69) is 45.4 Å². The van der Waals surface area contributed by atoms with E-state index in [0.717, 1.165) is 6.42 Å². The van der Waals surface area contributed by atoms with Gasteiger partial charge in [-0.2, -0.15) is 0 Å². The van der Waals surface area contributed by atoms with E-state index < -0.39 is 10.0 Å². The Morgan fingerprint density at radius 1 is 1.00 bits per heavy atom. The first-order valence-electron chi connectivity index (χ1n) is 10.3. The number of pyridine rings is 1. The standard InChI is InChI=1S/C22H29N3O3S/c26-22(13-16-25-29(27,28)21-7-4-14-23-17-21)24-15-12-18-8-10-20(11-9-18)19-5-2-1-3-6-19/h1-7,14,17-18,20,25H,8-13,15-16H2,(H,24,26). The lowest BCUT2D eigenvalue weighted by atomic mass is 9.77. The second kappa shape index (κ2) is 10.5. The lowest BCUT2D eigenvalue weighted by Gasteiger charge is -2.28. The molecule has 0 radical (unpaired) electrons. The van der Waals surface area contributed by atoms with E-state index in [1.165, 1.54) is 49.7 Å². The minimum atomic E-state index is -3.61. The predicted molar refractivity (Wildman–Crippen MR) is 113 cm³/mol. The van der Waals surface area contributed by atoms with Crippen LogP contribution in [0.2, 0.25) is 0 Å². The van der Waals surface area contributed by atoms with Crippen LogP contribution in [0.25, 0.3) is 0 Å². The quantitative estimate of drug-likeness (QED) is 0.658. The van der Waals surface area contributed by atoms with Crippen molar-refractivity contribution < 1.29 is 13.2 Å². The molecule has 3 rings (SSSR count). The smallest absolute Gasteiger partial charge is 0.242 e. The number of rotatable bonds is 9. The fourth-order valence-electron chi connectivity index (χ4n) is 3.90. The molecule has 29 heavy (non-hydrogen) atoms. The molecule has 0 atom stereocenters. The third-order valence-electron chi connectivity index (χ3n) is 5.58. The maximum atomic E-state index is 12.1. The summed E-state index contributed by atoms with van der Waals surface area (Å²) in [5, 5.41) is 2.91. The Labute approximate surface area is 173 Å². The van der Waals surface area contributed by atoms with Gasteiger partial charge in [-0.25, -0.2) is 13.1 Å². The summed E-state index contributed by atoms with van der Waals surface area (Å²) in [5.74, 6) is 1.19. The minimum absolute atomic E-state index is 0.0746. The summed E-state index contributed by atoms with van der Waals surface area (Å²) in [6.45, 7) is 0.722. The van der Waals surface area contributed by atoms with Gasteiger partial charge in [0, 0.05) is 31.9 Å². The van der Waals surface area contributed by atoms with Gasteiger partial charge in [-0.15, -0.1) is 0 Å². The van der Waals surface area contributed by atoms with Crippen molar-refractivity contribution in [3.05, 3.63) is 60.4 Å². The zero-order chi connectivity index (χ0) is 20.5. The Bertz CT molecular complexity index is 865. The van der Waals surface area contributed by atoms with Crippen LogP contribution in [0, 0.1) is 5.92 Å². The molecule has 6 nitrogen and oxygen atoms in total. The molecule has 1 aliphatic carbocycles. The van der Waals surface area contributed by atoms with Crippen molar-refractivity contribution in [2.24, 2.45) is 5.92 Å². The van der Waals surface area contributed by atoms with Gasteiger partial charge >= 0.3 is 0 Å². The summed E-state index contributed by atoms with van der Waals surface area (Å²) in [6.07, 6.45) is 8.71. The van der Waals surface area contributed by atoms with Crippen LogP contribution in [0.1, 0.15) is 50.0 Å². The van der Waals surface area contributed by atoms with Crippen molar-refractivity contribution in [1.29, 1.82) is 0 Å². The largest absolute Gasteiger partial charge is 0.356 e. The van der Waals surface area contributed by atoms with Gasteiger partial charge in [-0.3, -0.25) is 9.78 Å². The molecule has 2 aromatic rings. The molecule has 1 aliphatic rings. The van der Waals surface area contributed by atoms with Gasteiger partial charge in [0.05, 0.1) is 0 Å². The van der Waals surface area contributed by atoms with Crippen LogP contribution in [0.15, 0.2) is 59.8 Å². The highest BCUT2D eigenvalue weighted by Gasteiger charge is 2.22. The zero-order valence-electron chi connectivity index (χ0n) is 16.6. The molecule has 2 N–H and O–H groups in total. The Kier molecular flexibility index (Phi) is 7.77. The second-order valence-electron chi connectivity index (χ2n) is 7.60. The van der Waals surface area contributed by atoms with Crippen LogP contribution in [-0.4, -0.2) is 32.4 Å². The highest BCUT2D eigenvalue weighted by Crippen LogP contribution is 2.36. The number of carbonyl (C=O) groups is 1. The number of aromatic nitrogens is 1. The summed E-state index contributed by atoms with van der Waals surface area (Å²) >= 11 is 0. The van der Waals surface area contributed by atoms with Crippen LogP contribution in [-0.2, 0) is 14.8 Å². The van der Waals surface area contributed by atoms with E-state index in [1.807, 2.05) is 0 Å². The van der Waals surface area contributed by atoms with E-state index in [0.29, 0.717) is 18.4 Å². The third kappa shape index (κ3) is 6.65. The second-order valence-corrected chi connectivity index (χ2v) is 9.37. The van der Waals surface area contributed by atoms with Crippen LogP contribution >= 0.6 is 0 Å². The normalized spacial score (nSPS) is 19.6. The third-order valence-corrected chi connectivity index (χ3v) is 7.03. The van der Waals surface area contributed by atoms with Crippen molar-refractivity contribution in [3.8, 4) is 0 Å². The van der Waals surface area contributed by atoms with Gasteiger partial charge in [0.2, 0.25) is 15.9 Å². The fourth-order valence-corrected chi connectivity index (χ4v) is 4.90. The molecular formula is C22H29N3O3S. The molecule has 0 saturated heterocycles. The molecule has 0 aliphatic heterocycles. The van der Waals surface area contributed by atoms with Crippen LogP contribution in [0.4, 0.5) is 0 Å². The van der Waals surface area contributed by atoms with E-state index in [1.54, 1.807) is 6.07 Å². The molecule has 1 aromatic carbocycles. The molecule has 0 unspecified atom stereocenters. The minimum Gasteiger partial charge on any atom is -0.356 e. The molecular weight excluding hydrogens is 386 g/mol. The molecule has 0 bridgehead atoms. The number of sulfonamides is 1. The van der Waals surface area contributed by atoms with Gasteiger partial charge in [0.1, 0.15) is 4.90 Å². The monoisotopic (exact) mass is 415 g/mol.